The van der Waals surface area contributed by atoms with Crippen molar-refractivity contribution in [1.82, 2.24) is 0 Å². The van der Waals surface area contributed by atoms with Gasteiger partial charge >= 0.3 is 24.0 Å². The van der Waals surface area contributed by atoms with Crippen molar-refractivity contribution in [3.8, 4) is 0 Å². The van der Waals surface area contributed by atoms with E-state index in [-0.39, 0.29) is 0 Å². The molecule has 1 aliphatic rings. The fourth-order valence-corrected chi connectivity index (χ4v) is 1.01. The van der Waals surface area contributed by atoms with Crippen LogP contribution in [0.3, 0.4) is 0 Å². The van der Waals surface area contributed by atoms with Crippen molar-refractivity contribution in [1.29, 1.82) is 0 Å². The minimum absolute atomic E-state index is 2.71. The van der Waals surface area contributed by atoms with Crippen molar-refractivity contribution in [2.24, 2.45) is 0 Å². The van der Waals surface area contributed by atoms with Crippen molar-refractivity contribution in [2.45, 2.75) is 18.0 Å². The van der Waals surface area contributed by atoms with Gasteiger partial charge in [0, 0.05) is 0 Å². The van der Waals surface area contributed by atoms with Crippen LogP contribution in [0.4, 0.5) is 35.1 Å². The van der Waals surface area contributed by atoms with Crippen LogP contribution in [0.5, 0.6) is 0 Å². The molecule has 0 heterocycles. The van der Waals surface area contributed by atoms with Gasteiger partial charge in [0.25, 0.3) is 11.6 Å². The van der Waals surface area contributed by atoms with Crippen molar-refractivity contribution in [2.75, 3.05) is 0 Å². The van der Waals surface area contributed by atoms with Gasteiger partial charge < -0.3 is 4.74 Å². The second-order valence-corrected chi connectivity index (χ2v) is 3.34. The summed E-state index contributed by atoms with van der Waals surface area (Å²) in [6.45, 7) is 0. The number of hydrogen-bond acceptors (Lipinski definition) is 4. The number of halogens is 8. The highest BCUT2D eigenvalue weighted by Gasteiger charge is 2.72. The van der Waals surface area contributed by atoms with Crippen LogP contribution < -0.4 is 0 Å². The van der Waals surface area contributed by atoms with Gasteiger partial charge in [-0.15, -0.1) is 0 Å². The van der Waals surface area contributed by atoms with Gasteiger partial charge in [-0.2, -0.15) is 35.1 Å². The maximum Gasteiger partial charge on any atom is 0.491 e. The average Bonchev–Trinajstić information content (AvgIpc) is 2.29. The summed E-state index contributed by atoms with van der Waals surface area (Å²) < 4.78 is 102. The molecule has 0 atom stereocenters. The molecule has 0 radical (unpaired) electrons. The molecule has 0 unspecified atom stereocenters. The van der Waals surface area contributed by atoms with Gasteiger partial charge in [-0.25, -0.2) is 4.79 Å². The summed E-state index contributed by atoms with van der Waals surface area (Å²) >= 11 is 0. The lowest BCUT2D eigenvalue weighted by atomic mass is 9.94. The molecule has 20 heavy (non-hydrogen) atoms. The van der Waals surface area contributed by atoms with Crippen LogP contribution in [-0.2, 0) is 19.1 Å². The van der Waals surface area contributed by atoms with E-state index in [1.54, 1.807) is 0 Å². The van der Waals surface area contributed by atoms with Crippen molar-refractivity contribution < 1.29 is 54.2 Å². The Hall–Kier alpha value is -2.01. The Labute approximate surface area is 103 Å². The largest absolute Gasteiger partial charge is 0.491 e. The van der Waals surface area contributed by atoms with Crippen LogP contribution in [-0.4, -0.2) is 35.6 Å². The highest BCUT2D eigenvalue weighted by Crippen LogP contribution is 2.44. The predicted octanol–water partition coefficient (Wildman–Crippen LogP) is 1.70. The van der Waals surface area contributed by atoms with E-state index >= 15 is 0 Å². The quantitative estimate of drug-likeness (QED) is 0.546. The van der Waals surface area contributed by atoms with E-state index in [0.29, 0.717) is 0 Å². The van der Waals surface area contributed by atoms with Crippen molar-refractivity contribution in [3.05, 3.63) is 11.6 Å². The summed E-state index contributed by atoms with van der Waals surface area (Å²) in [5.41, 5.74) is 0. The van der Waals surface area contributed by atoms with Gasteiger partial charge in [-0.1, -0.05) is 0 Å². The number of carbonyl (C=O) groups is 3. The average molecular weight is 312 g/mol. The summed E-state index contributed by atoms with van der Waals surface area (Å²) in [5.74, 6) is -27.2. The fraction of sp³-hybridized carbons (Fsp3) is 0.375. The molecule has 0 amide bonds. The minimum atomic E-state index is -5.85. The second-order valence-electron chi connectivity index (χ2n) is 3.34. The molecule has 0 N–H and O–H groups in total. The molecule has 0 fully saturated rings. The molecule has 0 bridgehead atoms. The number of ketones is 2. The number of Topliss-reactive ketones (excluding diaryl/α,β-unsaturated/α-hetero) is 2. The topological polar surface area (TPSA) is 60.4 Å². The highest BCUT2D eigenvalue weighted by molar-refractivity contribution is 6.17. The van der Waals surface area contributed by atoms with Gasteiger partial charge in [0.15, 0.2) is 0 Å². The molecular weight excluding hydrogens is 312 g/mol. The van der Waals surface area contributed by atoms with Crippen LogP contribution in [0.25, 0.3) is 0 Å². The minimum Gasteiger partial charge on any atom is -0.412 e. The van der Waals surface area contributed by atoms with E-state index in [1.165, 1.54) is 0 Å². The Kier molecular flexibility index (Phi) is 3.41. The monoisotopic (exact) mass is 312 g/mol. The first kappa shape index (κ1) is 16.0. The van der Waals surface area contributed by atoms with Crippen LogP contribution in [0.1, 0.15) is 0 Å². The van der Waals surface area contributed by atoms with Crippen LogP contribution in [0, 0.1) is 0 Å². The van der Waals surface area contributed by atoms with Crippen LogP contribution in [0.2, 0.25) is 0 Å². The first-order chi connectivity index (χ1) is 8.74. The molecule has 0 spiro atoms. The molecule has 12 heteroatoms. The van der Waals surface area contributed by atoms with E-state index in [1.807, 2.05) is 0 Å². The van der Waals surface area contributed by atoms with E-state index in [2.05, 4.69) is 4.74 Å². The molecule has 0 saturated heterocycles. The van der Waals surface area contributed by atoms with E-state index < -0.39 is 47.1 Å². The summed E-state index contributed by atoms with van der Waals surface area (Å²) in [7, 11) is 0. The summed E-state index contributed by atoms with van der Waals surface area (Å²) in [6, 6.07) is 0. The maximum absolute atomic E-state index is 12.9. The van der Waals surface area contributed by atoms with Gasteiger partial charge in [0.1, 0.15) is 0 Å². The molecule has 0 aliphatic heterocycles. The van der Waals surface area contributed by atoms with E-state index in [9.17, 15) is 49.5 Å². The molecule has 1 aliphatic carbocycles. The normalized spacial score (nSPS) is 22.0. The molecular formula is C8F8O4. The Bertz CT molecular complexity index is 529. The molecule has 112 valence electrons. The van der Waals surface area contributed by atoms with Gasteiger partial charge in [0.05, 0.1) is 0 Å². The highest BCUT2D eigenvalue weighted by atomic mass is 19.4. The molecule has 0 aromatic carbocycles. The SMILES string of the molecule is O=C(OC1=C(F)C(=O)C(F)(F)C(F)(F)C1=O)C(F)(F)F. The zero-order valence-corrected chi connectivity index (χ0v) is 8.66. The molecule has 1 rings (SSSR count). The summed E-state index contributed by atoms with van der Waals surface area (Å²) in [4.78, 5) is 31.6. The third kappa shape index (κ3) is 2.14. The summed E-state index contributed by atoms with van der Waals surface area (Å²) in [6.07, 6.45) is -5.83. The Morgan fingerprint density at radius 1 is 0.950 bits per heavy atom. The number of esters is 1. The first-order valence-electron chi connectivity index (χ1n) is 4.28. The smallest absolute Gasteiger partial charge is 0.412 e. The second kappa shape index (κ2) is 4.24. The lowest BCUT2D eigenvalue weighted by Gasteiger charge is -2.28. The Morgan fingerprint density at radius 2 is 1.35 bits per heavy atom. The number of rotatable bonds is 1. The van der Waals surface area contributed by atoms with Gasteiger partial charge in [-0.3, -0.25) is 9.59 Å². The maximum atomic E-state index is 12.9. The number of allylic oxidation sites excluding steroid dienone is 2. The molecule has 4 nitrogen and oxygen atoms in total. The zero-order chi connectivity index (χ0) is 16.1. The third-order valence-corrected chi connectivity index (χ3v) is 2.00. The molecule has 0 aromatic heterocycles. The summed E-state index contributed by atoms with van der Waals surface area (Å²) in [5, 5.41) is 0. The number of hydrogen-bond donors (Lipinski definition) is 0. The van der Waals surface area contributed by atoms with Crippen LogP contribution >= 0.6 is 0 Å². The van der Waals surface area contributed by atoms with Gasteiger partial charge in [-0.05, 0) is 0 Å². The first-order valence-corrected chi connectivity index (χ1v) is 4.28. The standard InChI is InChI=1S/C8F8O4/c9-1-2(20-5(19)8(14,15)16)4(18)7(12,13)6(10,11)3(1)17. The van der Waals surface area contributed by atoms with Gasteiger partial charge in [0.2, 0.25) is 11.6 Å². The molecule has 0 aromatic rings. The Balaban J connectivity index is 3.33. The predicted molar refractivity (Wildman–Crippen MR) is 40.2 cm³/mol. The van der Waals surface area contributed by atoms with Crippen molar-refractivity contribution in [3.63, 3.8) is 0 Å². The fourth-order valence-electron chi connectivity index (χ4n) is 1.01. The Morgan fingerprint density at radius 3 is 1.75 bits per heavy atom. The van der Waals surface area contributed by atoms with Crippen molar-refractivity contribution >= 4 is 17.5 Å². The zero-order valence-electron chi connectivity index (χ0n) is 8.66. The number of alkyl halides is 7. The lowest BCUT2D eigenvalue weighted by Crippen LogP contribution is -2.57. The number of carbonyl (C=O) groups excluding carboxylic acids is 3. The lowest BCUT2D eigenvalue weighted by molar-refractivity contribution is -0.214. The van der Waals surface area contributed by atoms with E-state index in [4.69, 9.17) is 0 Å². The molecule has 0 saturated carbocycles. The number of ether oxygens (including phenoxy) is 1. The van der Waals surface area contributed by atoms with Crippen LogP contribution in [0.15, 0.2) is 11.6 Å². The third-order valence-electron chi connectivity index (χ3n) is 2.00. The van der Waals surface area contributed by atoms with E-state index in [0.717, 1.165) is 0 Å².